The first kappa shape index (κ1) is 17.4. The van der Waals surface area contributed by atoms with Crippen LogP contribution in [0.5, 0.6) is 0 Å². The first-order valence-electron chi connectivity index (χ1n) is 6.56. The van der Waals surface area contributed by atoms with Gasteiger partial charge in [-0.3, -0.25) is 9.59 Å². The van der Waals surface area contributed by atoms with E-state index in [1.807, 2.05) is 0 Å². The fraction of sp³-hybridized carbons (Fsp3) is 0.429. The monoisotopic (exact) mass is 313 g/mol. The number of benzene rings is 1. The normalized spacial score (nSPS) is 14.8. The van der Waals surface area contributed by atoms with Crippen LogP contribution in [-0.2, 0) is 14.3 Å². The molecule has 1 aromatic rings. The van der Waals surface area contributed by atoms with Crippen molar-refractivity contribution in [1.29, 1.82) is 0 Å². The van der Waals surface area contributed by atoms with Gasteiger partial charge in [-0.2, -0.15) is 0 Å². The molecular weight excluding hydrogens is 294 g/mol. The Morgan fingerprint density at radius 1 is 1.33 bits per heavy atom. The predicted octanol–water partition coefficient (Wildman–Crippen LogP) is 1.37. The number of hydrogen-bond acceptors (Lipinski definition) is 4. The Bertz CT molecular complexity index is 506. The van der Waals surface area contributed by atoms with Gasteiger partial charge in [0.25, 0.3) is 0 Å². The van der Waals surface area contributed by atoms with E-state index in [1.54, 1.807) is 24.3 Å². The molecule has 1 aliphatic carbocycles. The van der Waals surface area contributed by atoms with E-state index in [0.29, 0.717) is 11.4 Å². The maximum absolute atomic E-state index is 11.8. The molecule has 0 aromatic heterocycles. The highest BCUT2D eigenvalue weighted by molar-refractivity contribution is 5.97. The number of methoxy groups -OCH3 is 1. The van der Waals surface area contributed by atoms with E-state index in [-0.39, 0.29) is 36.7 Å². The SMILES string of the molecule is COCC(N)C(=O)Nc1cccc(NC(=O)C2CC2)c1.Cl. The summed E-state index contributed by atoms with van der Waals surface area (Å²) in [6.45, 7) is 0.157. The number of carbonyl (C=O) groups is 2. The van der Waals surface area contributed by atoms with Crippen molar-refractivity contribution in [3.05, 3.63) is 24.3 Å². The molecule has 1 unspecified atom stereocenters. The average molecular weight is 314 g/mol. The molecule has 2 amide bonds. The Kier molecular flexibility index (Phi) is 6.61. The summed E-state index contributed by atoms with van der Waals surface area (Å²) in [5.74, 6) is -0.148. The highest BCUT2D eigenvalue weighted by Crippen LogP contribution is 2.30. The van der Waals surface area contributed by atoms with Crippen LogP contribution in [-0.4, -0.2) is 31.6 Å². The van der Waals surface area contributed by atoms with Gasteiger partial charge in [-0.1, -0.05) is 6.07 Å². The fourth-order valence-electron chi connectivity index (χ4n) is 1.75. The van der Waals surface area contributed by atoms with Gasteiger partial charge in [-0.25, -0.2) is 0 Å². The summed E-state index contributed by atoms with van der Waals surface area (Å²) in [6, 6.07) is 6.28. The number of hydrogen-bond donors (Lipinski definition) is 3. The lowest BCUT2D eigenvalue weighted by atomic mass is 10.2. The maximum atomic E-state index is 11.8. The van der Waals surface area contributed by atoms with E-state index in [9.17, 15) is 9.59 Å². The Labute approximate surface area is 129 Å². The maximum Gasteiger partial charge on any atom is 0.243 e. The highest BCUT2D eigenvalue weighted by Gasteiger charge is 2.29. The van der Waals surface area contributed by atoms with Gasteiger partial charge in [0, 0.05) is 24.4 Å². The third-order valence-corrected chi connectivity index (χ3v) is 3.03. The largest absolute Gasteiger partial charge is 0.383 e. The fourth-order valence-corrected chi connectivity index (χ4v) is 1.75. The molecule has 1 aliphatic rings. The number of rotatable bonds is 6. The van der Waals surface area contributed by atoms with E-state index in [0.717, 1.165) is 12.8 Å². The number of nitrogens with two attached hydrogens (primary N) is 1. The number of amides is 2. The van der Waals surface area contributed by atoms with Crippen molar-refractivity contribution >= 4 is 35.6 Å². The van der Waals surface area contributed by atoms with Crippen molar-refractivity contribution in [3.8, 4) is 0 Å². The zero-order valence-electron chi connectivity index (χ0n) is 11.8. The summed E-state index contributed by atoms with van der Waals surface area (Å²) in [5.41, 5.74) is 6.89. The summed E-state index contributed by atoms with van der Waals surface area (Å²) < 4.78 is 4.83. The summed E-state index contributed by atoms with van der Waals surface area (Å²) in [6.07, 6.45) is 1.91. The van der Waals surface area contributed by atoms with Crippen molar-refractivity contribution in [2.24, 2.45) is 11.7 Å². The molecule has 2 rings (SSSR count). The molecule has 1 saturated carbocycles. The molecule has 0 radical (unpaired) electrons. The molecule has 116 valence electrons. The smallest absolute Gasteiger partial charge is 0.243 e. The molecule has 6 nitrogen and oxygen atoms in total. The predicted molar refractivity (Wildman–Crippen MR) is 83.5 cm³/mol. The van der Waals surface area contributed by atoms with E-state index < -0.39 is 6.04 Å². The molecule has 0 saturated heterocycles. The van der Waals surface area contributed by atoms with Crippen LogP contribution in [0.2, 0.25) is 0 Å². The summed E-state index contributed by atoms with van der Waals surface area (Å²) in [4.78, 5) is 23.4. The molecule has 0 heterocycles. The highest BCUT2D eigenvalue weighted by atomic mass is 35.5. The first-order valence-corrected chi connectivity index (χ1v) is 6.56. The van der Waals surface area contributed by atoms with Crippen LogP contribution in [0.1, 0.15) is 12.8 Å². The minimum Gasteiger partial charge on any atom is -0.383 e. The molecule has 1 aromatic carbocycles. The molecule has 7 heteroatoms. The number of halogens is 1. The van der Waals surface area contributed by atoms with Crippen molar-refractivity contribution in [2.75, 3.05) is 24.4 Å². The first-order chi connectivity index (χ1) is 9.60. The number of carbonyl (C=O) groups excluding carboxylic acids is 2. The van der Waals surface area contributed by atoms with E-state index in [4.69, 9.17) is 10.5 Å². The van der Waals surface area contributed by atoms with Crippen molar-refractivity contribution < 1.29 is 14.3 Å². The third-order valence-electron chi connectivity index (χ3n) is 3.03. The van der Waals surface area contributed by atoms with E-state index in [1.165, 1.54) is 7.11 Å². The molecule has 21 heavy (non-hydrogen) atoms. The molecule has 4 N–H and O–H groups in total. The van der Waals surface area contributed by atoms with Crippen LogP contribution in [0.25, 0.3) is 0 Å². The molecule has 0 aliphatic heterocycles. The van der Waals surface area contributed by atoms with Crippen LogP contribution >= 0.6 is 12.4 Å². The van der Waals surface area contributed by atoms with Crippen molar-refractivity contribution in [2.45, 2.75) is 18.9 Å². The Morgan fingerprint density at radius 3 is 2.52 bits per heavy atom. The van der Waals surface area contributed by atoms with Crippen LogP contribution in [0.3, 0.4) is 0 Å². The lowest BCUT2D eigenvalue weighted by Gasteiger charge is -2.12. The topological polar surface area (TPSA) is 93.4 Å². The van der Waals surface area contributed by atoms with Gasteiger partial charge in [0.15, 0.2) is 0 Å². The number of anilines is 2. The van der Waals surface area contributed by atoms with Crippen molar-refractivity contribution in [3.63, 3.8) is 0 Å². The lowest BCUT2D eigenvalue weighted by molar-refractivity contribution is -0.118. The Balaban J connectivity index is 0.00000220. The zero-order valence-corrected chi connectivity index (χ0v) is 12.6. The molecular formula is C14H20ClN3O3. The van der Waals surface area contributed by atoms with E-state index >= 15 is 0 Å². The van der Waals surface area contributed by atoms with Gasteiger partial charge in [0.2, 0.25) is 11.8 Å². The minimum atomic E-state index is -0.718. The Hall–Kier alpha value is -1.63. The molecule has 1 fully saturated rings. The second-order valence-electron chi connectivity index (χ2n) is 4.90. The minimum absolute atomic E-state index is 0. The number of nitrogens with one attached hydrogen (secondary N) is 2. The second-order valence-corrected chi connectivity index (χ2v) is 4.90. The van der Waals surface area contributed by atoms with Gasteiger partial charge in [0.05, 0.1) is 6.61 Å². The molecule has 0 spiro atoms. The summed E-state index contributed by atoms with van der Waals surface area (Å²) in [7, 11) is 1.49. The lowest BCUT2D eigenvalue weighted by Crippen LogP contribution is -2.39. The zero-order chi connectivity index (χ0) is 14.5. The van der Waals surface area contributed by atoms with E-state index in [2.05, 4.69) is 10.6 Å². The summed E-state index contributed by atoms with van der Waals surface area (Å²) in [5, 5.41) is 5.52. The van der Waals surface area contributed by atoms with Crippen LogP contribution < -0.4 is 16.4 Å². The van der Waals surface area contributed by atoms with Gasteiger partial charge in [0.1, 0.15) is 6.04 Å². The quantitative estimate of drug-likeness (QED) is 0.739. The molecule has 0 bridgehead atoms. The van der Waals surface area contributed by atoms with Crippen LogP contribution in [0.4, 0.5) is 11.4 Å². The standard InChI is InChI=1S/C14H19N3O3.ClH/c1-20-8-12(15)14(19)17-11-4-2-3-10(7-11)16-13(18)9-5-6-9;/h2-4,7,9,12H,5-6,8,15H2,1H3,(H,16,18)(H,17,19);1H. The number of ether oxygens (including phenoxy) is 1. The van der Waals surface area contributed by atoms with Gasteiger partial charge in [-0.15, -0.1) is 12.4 Å². The summed E-state index contributed by atoms with van der Waals surface area (Å²) >= 11 is 0. The van der Waals surface area contributed by atoms with Gasteiger partial charge >= 0.3 is 0 Å². The second kappa shape index (κ2) is 7.97. The average Bonchev–Trinajstić information content (AvgIpc) is 3.23. The van der Waals surface area contributed by atoms with Gasteiger partial charge < -0.3 is 21.1 Å². The van der Waals surface area contributed by atoms with Crippen LogP contribution in [0, 0.1) is 5.92 Å². The third kappa shape index (κ3) is 5.34. The van der Waals surface area contributed by atoms with Gasteiger partial charge in [-0.05, 0) is 31.0 Å². The molecule has 1 atom stereocenters. The van der Waals surface area contributed by atoms with Crippen LogP contribution in [0.15, 0.2) is 24.3 Å². The Morgan fingerprint density at radius 2 is 1.95 bits per heavy atom. The van der Waals surface area contributed by atoms with Crippen molar-refractivity contribution in [1.82, 2.24) is 0 Å².